The molecule has 0 N–H and O–H groups in total. The minimum Gasteiger partial charge on any atom is -0.545 e. The topological polar surface area (TPSA) is 80.3 Å². The Balaban J connectivity index is 0.000000762. The van der Waals surface area contributed by atoms with Crippen LogP contribution in [0.3, 0.4) is 0 Å². The van der Waals surface area contributed by atoms with Crippen LogP contribution in [0.4, 0.5) is 0 Å². The molecule has 2 radical (unpaired) electrons. The number of aromatic carboxylic acids is 2. The van der Waals surface area contributed by atoms with Crippen molar-refractivity contribution in [3.63, 3.8) is 0 Å². The van der Waals surface area contributed by atoms with Gasteiger partial charge in [0.05, 0.1) is 11.9 Å². The summed E-state index contributed by atoms with van der Waals surface area (Å²) >= 11 is 0. The van der Waals surface area contributed by atoms with Gasteiger partial charge in [0.1, 0.15) is 0 Å². The minimum absolute atomic E-state index is 0. The molecule has 0 aliphatic rings. The summed E-state index contributed by atoms with van der Waals surface area (Å²) in [6.07, 6.45) is 24.8. The molecule has 5 heteroatoms. The van der Waals surface area contributed by atoms with Crippen molar-refractivity contribution in [2.75, 3.05) is 0 Å². The first-order valence-corrected chi connectivity index (χ1v) is 16.1. The summed E-state index contributed by atoms with van der Waals surface area (Å²) in [5.74, 6) is -2.12. The van der Waals surface area contributed by atoms with Crippen molar-refractivity contribution in [2.45, 2.75) is 142 Å². The summed E-state index contributed by atoms with van der Waals surface area (Å²) in [7, 11) is 0. The van der Waals surface area contributed by atoms with Crippen molar-refractivity contribution < 1.29 is 19.8 Å². The molecule has 0 bridgehead atoms. The van der Waals surface area contributed by atoms with Crippen LogP contribution in [-0.2, 0) is 12.8 Å². The number of carbonyl (C=O) groups excluding carboxylic acids is 2. The Hall–Kier alpha value is -1.70. The minimum atomic E-state index is -1.06. The maximum atomic E-state index is 11.0. The molecule has 0 aliphatic heterocycles. The van der Waals surface area contributed by atoms with Crippen LogP contribution in [0, 0.1) is 0 Å². The summed E-state index contributed by atoms with van der Waals surface area (Å²) in [4.78, 5) is 21.9. The summed E-state index contributed by atoms with van der Waals surface area (Å²) in [5.41, 5.74) is 2.53. The second-order valence-corrected chi connectivity index (χ2v) is 11.0. The van der Waals surface area contributed by atoms with E-state index >= 15 is 0 Å². The number of unbranched alkanes of at least 4 members (excludes halogenated alkanes) is 16. The van der Waals surface area contributed by atoms with Crippen LogP contribution in [0.2, 0.25) is 0 Å². The smallest absolute Gasteiger partial charge is 0.545 e. The average Bonchev–Trinajstić information content (AvgIpc) is 2.96. The largest absolute Gasteiger partial charge is 2.00 e. The number of carboxylic acid groups (broad SMARTS) is 2. The van der Waals surface area contributed by atoms with Crippen LogP contribution >= 0.6 is 0 Å². The molecular weight excluding hydrogens is 704 g/mol. The fraction of sp³-hybridized carbons (Fsp3) is 0.611. The number of carbonyl (C=O) groups is 2. The number of benzene rings is 2. The van der Waals surface area contributed by atoms with Gasteiger partial charge in [-0.2, -0.15) is 0 Å². The van der Waals surface area contributed by atoms with E-state index in [4.69, 9.17) is 0 Å². The van der Waals surface area contributed by atoms with Crippen LogP contribution in [0.5, 0.6) is 0 Å². The van der Waals surface area contributed by atoms with Gasteiger partial charge in [0.15, 0.2) is 0 Å². The van der Waals surface area contributed by atoms with Gasteiger partial charge in [-0.1, -0.05) is 165 Å². The maximum absolute atomic E-state index is 11.0. The van der Waals surface area contributed by atoms with E-state index < -0.39 is 11.9 Å². The quantitative estimate of drug-likeness (QED) is 0.0906. The number of carboxylic acids is 2. The molecule has 0 saturated heterocycles. The van der Waals surface area contributed by atoms with Crippen LogP contribution in [0.25, 0.3) is 0 Å². The fourth-order valence-corrected chi connectivity index (χ4v) is 5.13. The predicted molar refractivity (Wildman–Crippen MR) is 169 cm³/mol. The summed E-state index contributed by atoms with van der Waals surface area (Å²) in [5, 5.41) is 21.9. The van der Waals surface area contributed by atoms with Gasteiger partial charge >= 0.3 is 27.3 Å². The Labute approximate surface area is 270 Å². The monoisotopic (exact) mass is 758 g/mol. The third kappa shape index (κ3) is 19.9. The van der Waals surface area contributed by atoms with Gasteiger partial charge in [0, 0.05) is 11.1 Å². The molecule has 41 heavy (non-hydrogen) atoms. The standard InChI is InChI=1S/2C18H28O2.Pb/c2*1-2-3-4-5-6-7-8-9-10-13-16-14-11-12-15-17(16)18(19)20;/h2*11-12,14-15H,2-10,13H2,1H3,(H,19,20);/q;;+2/p-2. The Morgan fingerprint density at radius 2 is 0.732 bits per heavy atom. The van der Waals surface area contributed by atoms with Crippen molar-refractivity contribution in [2.24, 2.45) is 0 Å². The molecule has 2 aromatic carbocycles. The van der Waals surface area contributed by atoms with Crippen LogP contribution in [0.15, 0.2) is 48.5 Å². The van der Waals surface area contributed by atoms with Gasteiger partial charge in [-0.3, -0.25) is 0 Å². The first kappa shape index (κ1) is 39.3. The van der Waals surface area contributed by atoms with Gasteiger partial charge in [-0.25, -0.2) is 0 Å². The second kappa shape index (κ2) is 27.2. The molecule has 0 saturated carbocycles. The van der Waals surface area contributed by atoms with E-state index in [1.54, 1.807) is 24.3 Å². The molecule has 2 rings (SSSR count). The van der Waals surface area contributed by atoms with E-state index in [2.05, 4.69) is 13.8 Å². The van der Waals surface area contributed by atoms with Gasteiger partial charge < -0.3 is 19.8 Å². The summed E-state index contributed by atoms with van der Waals surface area (Å²) in [6.45, 7) is 4.48. The Morgan fingerprint density at radius 3 is 1.02 bits per heavy atom. The molecule has 0 amide bonds. The predicted octanol–water partition coefficient (Wildman–Crippen LogP) is 7.87. The van der Waals surface area contributed by atoms with E-state index in [-0.39, 0.29) is 27.3 Å². The number of aryl methyl sites for hydroxylation is 2. The normalized spacial score (nSPS) is 10.4. The zero-order valence-electron chi connectivity index (χ0n) is 25.9. The molecular formula is C36H54O4Pb. The number of rotatable bonds is 22. The van der Waals surface area contributed by atoms with Crippen LogP contribution in [-0.4, -0.2) is 39.2 Å². The molecule has 226 valence electrons. The summed E-state index contributed by atoms with van der Waals surface area (Å²) in [6, 6.07) is 14.4. The Morgan fingerprint density at radius 1 is 0.463 bits per heavy atom. The zero-order chi connectivity index (χ0) is 29.3. The molecule has 2 aromatic rings. The van der Waals surface area contributed by atoms with Gasteiger partial charge in [-0.15, -0.1) is 0 Å². The van der Waals surface area contributed by atoms with E-state index in [0.29, 0.717) is 11.1 Å². The Bertz CT molecular complexity index is 852. The van der Waals surface area contributed by atoms with Crippen molar-refractivity contribution in [3.05, 3.63) is 70.8 Å². The van der Waals surface area contributed by atoms with Gasteiger partial charge in [0.25, 0.3) is 0 Å². The number of hydrogen-bond donors (Lipinski definition) is 0. The third-order valence-corrected chi connectivity index (χ3v) is 7.57. The molecule has 0 heterocycles. The van der Waals surface area contributed by atoms with Gasteiger partial charge in [0.2, 0.25) is 0 Å². The molecule has 0 aromatic heterocycles. The molecule has 0 aliphatic carbocycles. The third-order valence-electron chi connectivity index (χ3n) is 7.57. The van der Waals surface area contributed by atoms with E-state index in [9.17, 15) is 19.8 Å². The number of hydrogen-bond acceptors (Lipinski definition) is 4. The van der Waals surface area contributed by atoms with E-state index in [1.165, 1.54) is 103 Å². The van der Waals surface area contributed by atoms with Crippen molar-refractivity contribution >= 4 is 39.2 Å². The van der Waals surface area contributed by atoms with Crippen molar-refractivity contribution in [1.82, 2.24) is 0 Å². The zero-order valence-corrected chi connectivity index (χ0v) is 29.8. The van der Waals surface area contributed by atoms with Gasteiger partial charge in [-0.05, 0) is 36.8 Å². The molecule has 0 fully saturated rings. The fourth-order valence-electron chi connectivity index (χ4n) is 5.13. The molecule has 0 unspecified atom stereocenters. The second-order valence-electron chi connectivity index (χ2n) is 11.0. The van der Waals surface area contributed by atoms with Crippen molar-refractivity contribution in [3.8, 4) is 0 Å². The molecule has 4 nitrogen and oxygen atoms in total. The first-order chi connectivity index (χ1) is 19.5. The van der Waals surface area contributed by atoms with Crippen LogP contribution < -0.4 is 10.2 Å². The first-order valence-electron chi connectivity index (χ1n) is 16.1. The molecule has 0 spiro atoms. The Kier molecular flexibility index (Phi) is 26.0. The van der Waals surface area contributed by atoms with Crippen molar-refractivity contribution in [1.29, 1.82) is 0 Å². The van der Waals surface area contributed by atoms with E-state index in [1.807, 2.05) is 24.3 Å². The van der Waals surface area contributed by atoms with Crippen LogP contribution in [0.1, 0.15) is 161 Å². The maximum Gasteiger partial charge on any atom is 2.00 e. The average molecular weight is 758 g/mol. The summed E-state index contributed by atoms with van der Waals surface area (Å²) < 4.78 is 0. The van der Waals surface area contributed by atoms with E-state index in [0.717, 1.165) is 36.8 Å². The SMILES string of the molecule is CCCCCCCCCCCc1ccccc1C(=O)[O-].CCCCCCCCCCCc1ccccc1C(=O)[O-].[Pb+2]. The molecule has 0 atom stereocenters.